The fourth-order valence-electron chi connectivity index (χ4n) is 3.36. The van der Waals surface area contributed by atoms with Gasteiger partial charge in [-0.3, -0.25) is 18.7 Å². The van der Waals surface area contributed by atoms with Gasteiger partial charge in [0.15, 0.2) is 17.0 Å². The molecule has 0 atom stereocenters. The molecule has 0 aliphatic carbocycles. The first kappa shape index (κ1) is 19.7. The number of hydrogen-bond donors (Lipinski definition) is 1. The zero-order valence-electron chi connectivity index (χ0n) is 17.0. The highest BCUT2D eigenvalue weighted by Crippen LogP contribution is 2.32. The average Bonchev–Trinajstić information content (AvgIpc) is 3.15. The van der Waals surface area contributed by atoms with Crippen LogP contribution in [0.5, 0.6) is 11.5 Å². The number of carbonyl (C=O) groups is 1. The number of aromatic nitrogens is 3. The number of fused-ring (bicyclic) bond motifs is 2. The van der Waals surface area contributed by atoms with Gasteiger partial charge in [-0.25, -0.2) is 9.78 Å². The summed E-state index contributed by atoms with van der Waals surface area (Å²) < 4.78 is 13.0. The Labute approximate surface area is 171 Å². The van der Waals surface area contributed by atoms with E-state index in [1.54, 1.807) is 30.3 Å². The zero-order valence-corrected chi connectivity index (χ0v) is 17.0. The van der Waals surface area contributed by atoms with Gasteiger partial charge >= 0.3 is 5.69 Å². The number of hydrogen-bond acceptors (Lipinski definition) is 6. The molecule has 9 heteroatoms. The summed E-state index contributed by atoms with van der Waals surface area (Å²) in [6.45, 7) is 5.49. The predicted molar refractivity (Wildman–Crippen MR) is 110 cm³/mol. The zero-order chi connectivity index (χ0) is 21.5. The van der Waals surface area contributed by atoms with Gasteiger partial charge in [0, 0.05) is 11.7 Å². The van der Waals surface area contributed by atoms with Crippen molar-refractivity contribution in [1.82, 2.24) is 19.4 Å². The summed E-state index contributed by atoms with van der Waals surface area (Å²) in [6.07, 6.45) is 1.48. The molecule has 2 aromatic heterocycles. The predicted octanol–water partition coefficient (Wildman–Crippen LogP) is 1.25. The second-order valence-electron chi connectivity index (χ2n) is 8.12. The second-order valence-corrected chi connectivity index (χ2v) is 8.12. The standard InChI is InChI=1S/C21H22N4O5/c1-21(2,3)23-17(26)11-24-14-5-4-8-22-18(14)19(27)25(20(24)28)10-13-6-7-15-16(9-13)30-12-29-15/h4-9H,10-12H2,1-3H3,(H,23,26). The van der Waals surface area contributed by atoms with Crippen LogP contribution in [0.1, 0.15) is 26.3 Å². The third-order valence-electron chi connectivity index (χ3n) is 4.58. The Hall–Kier alpha value is -3.62. The van der Waals surface area contributed by atoms with Crippen molar-refractivity contribution in [2.75, 3.05) is 6.79 Å². The lowest BCUT2D eigenvalue weighted by molar-refractivity contribution is -0.123. The van der Waals surface area contributed by atoms with Crippen LogP contribution in [-0.2, 0) is 17.9 Å². The molecule has 1 amide bonds. The van der Waals surface area contributed by atoms with Gasteiger partial charge in [-0.15, -0.1) is 0 Å². The van der Waals surface area contributed by atoms with E-state index in [0.29, 0.717) is 22.6 Å². The fraction of sp³-hybridized carbons (Fsp3) is 0.333. The number of carbonyl (C=O) groups excluding carboxylic acids is 1. The lowest BCUT2D eigenvalue weighted by Crippen LogP contribution is -2.46. The van der Waals surface area contributed by atoms with Crippen LogP contribution >= 0.6 is 0 Å². The Kier molecular flexibility index (Phi) is 4.81. The number of nitrogens with zero attached hydrogens (tertiary/aromatic N) is 3. The minimum Gasteiger partial charge on any atom is -0.454 e. The van der Waals surface area contributed by atoms with Crippen molar-refractivity contribution in [1.29, 1.82) is 0 Å². The summed E-state index contributed by atoms with van der Waals surface area (Å²) in [5, 5.41) is 2.83. The average molecular weight is 410 g/mol. The molecule has 0 unspecified atom stereocenters. The topological polar surface area (TPSA) is 104 Å². The van der Waals surface area contributed by atoms with Crippen LogP contribution in [0.4, 0.5) is 0 Å². The second kappa shape index (κ2) is 7.33. The highest BCUT2D eigenvalue weighted by molar-refractivity contribution is 5.80. The van der Waals surface area contributed by atoms with Gasteiger partial charge < -0.3 is 14.8 Å². The van der Waals surface area contributed by atoms with Gasteiger partial charge in [-0.05, 0) is 50.6 Å². The van der Waals surface area contributed by atoms with E-state index in [1.165, 1.54) is 10.8 Å². The molecule has 1 aromatic carbocycles. The molecule has 0 saturated heterocycles. The van der Waals surface area contributed by atoms with Crippen LogP contribution in [-0.4, -0.2) is 32.4 Å². The normalized spacial score (nSPS) is 12.9. The van der Waals surface area contributed by atoms with E-state index in [-0.39, 0.29) is 31.3 Å². The maximum absolute atomic E-state index is 13.2. The molecule has 156 valence electrons. The number of benzene rings is 1. The molecule has 1 N–H and O–H groups in total. The summed E-state index contributed by atoms with van der Waals surface area (Å²) in [6, 6.07) is 8.46. The summed E-state index contributed by atoms with van der Waals surface area (Å²) >= 11 is 0. The van der Waals surface area contributed by atoms with Gasteiger partial charge in [0.2, 0.25) is 12.7 Å². The molecular weight excluding hydrogens is 388 g/mol. The monoisotopic (exact) mass is 410 g/mol. The van der Waals surface area contributed by atoms with Crippen molar-refractivity contribution in [3.8, 4) is 11.5 Å². The number of rotatable bonds is 4. The molecule has 3 heterocycles. The first-order chi connectivity index (χ1) is 14.2. The fourth-order valence-corrected chi connectivity index (χ4v) is 3.36. The third kappa shape index (κ3) is 3.78. The van der Waals surface area contributed by atoms with E-state index in [2.05, 4.69) is 10.3 Å². The van der Waals surface area contributed by atoms with Crippen LogP contribution in [0.2, 0.25) is 0 Å². The molecule has 1 aliphatic heterocycles. The van der Waals surface area contributed by atoms with Crippen LogP contribution in [0.3, 0.4) is 0 Å². The first-order valence-corrected chi connectivity index (χ1v) is 9.51. The maximum atomic E-state index is 13.2. The lowest BCUT2D eigenvalue weighted by atomic mass is 10.1. The van der Waals surface area contributed by atoms with Gasteiger partial charge in [0.1, 0.15) is 6.54 Å². The van der Waals surface area contributed by atoms with E-state index in [9.17, 15) is 14.4 Å². The number of pyridine rings is 1. The first-order valence-electron chi connectivity index (χ1n) is 9.51. The van der Waals surface area contributed by atoms with E-state index >= 15 is 0 Å². The molecule has 0 radical (unpaired) electrons. The van der Waals surface area contributed by atoms with Crippen LogP contribution in [0.25, 0.3) is 11.0 Å². The summed E-state index contributed by atoms with van der Waals surface area (Å²) in [4.78, 5) is 42.8. The lowest BCUT2D eigenvalue weighted by Gasteiger charge is -2.21. The Morgan fingerprint density at radius 2 is 1.90 bits per heavy atom. The van der Waals surface area contributed by atoms with Crippen molar-refractivity contribution in [3.05, 3.63) is 62.9 Å². The number of nitrogens with one attached hydrogen (secondary N) is 1. The molecule has 3 aromatic rings. The molecule has 30 heavy (non-hydrogen) atoms. The molecule has 1 aliphatic rings. The maximum Gasteiger partial charge on any atom is 0.332 e. The van der Waals surface area contributed by atoms with Crippen molar-refractivity contribution in [2.24, 2.45) is 0 Å². The van der Waals surface area contributed by atoms with Crippen LogP contribution in [0, 0.1) is 0 Å². The van der Waals surface area contributed by atoms with Crippen LogP contribution in [0.15, 0.2) is 46.1 Å². The molecular formula is C21H22N4O5. The van der Waals surface area contributed by atoms with E-state index < -0.39 is 16.8 Å². The highest BCUT2D eigenvalue weighted by Gasteiger charge is 2.20. The SMILES string of the molecule is CC(C)(C)NC(=O)Cn1c(=O)n(Cc2ccc3c(c2)OCO3)c(=O)c2ncccc21. The van der Waals surface area contributed by atoms with Gasteiger partial charge in [0.25, 0.3) is 5.56 Å². The molecule has 0 bridgehead atoms. The molecule has 0 fully saturated rings. The Bertz CT molecular complexity index is 1250. The Balaban J connectivity index is 1.79. The smallest absolute Gasteiger partial charge is 0.332 e. The molecule has 0 spiro atoms. The summed E-state index contributed by atoms with van der Waals surface area (Å²) in [5.74, 6) is 0.843. The largest absolute Gasteiger partial charge is 0.454 e. The quantitative estimate of drug-likeness (QED) is 0.694. The highest BCUT2D eigenvalue weighted by atomic mass is 16.7. The Morgan fingerprint density at radius 1 is 1.13 bits per heavy atom. The van der Waals surface area contributed by atoms with E-state index in [0.717, 1.165) is 4.57 Å². The molecule has 9 nitrogen and oxygen atoms in total. The summed E-state index contributed by atoms with van der Waals surface area (Å²) in [7, 11) is 0. The Morgan fingerprint density at radius 3 is 2.67 bits per heavy atom. The van der Waals surface area contributed by atoms with Crippen molar-refractivity contribution in [2.45, 2.75) is 39.4 Å². The van der Waals surface area contributed by atoms with E-state index in [4.69, 9.17) is 9.47 Å². The summed E-state index contributed by atoms with van der Waals surface area (Å²) in [5.41, 5.74) is -0.405. The van der Waals surface area contributed by atoms with Crippen molar-refractivity contribution < 1.29 is 14.3 Å². The number of ether oxygens (including phenoxy) is 2. The van der Waals surface area contributed by atoms with Crippen LogP contribution < -0.4 is 26.0 Å². The molecule has 0 saturated carbocycles. The minimum absolute atomic E-state index is 0.0156. The van der Waals surface area contributed by atoms with Crippen molar-refractivity contribution in [3.63, 3.8) is 0 Å². The van der Waals surface area contributed by atoms with Gasteiger partial charge in [-0.2, -0.15) is 0 Å². The van der Waals surface area contributed by atoms with E-state index in [1.807, 2.05) is 20.8 Å². The molecule has 4 rings (SSSR count). The third-order valence-corrected chi connectivity index (χ3v) is 4.58. The van der Waals surface area contributed by atoms with Gasteiger partial charge in [0.05, 0.1) is 12.1 Å². The minimum atomic E-state index is -0.581. The number of amides is 1. The van der Waals surface area contributed by atoms with Crippen molar-refractivity contribution >= 4 is 16.9 Å². The van der Waals surface area contributed by atoms with Gasteiger partial charge in [-0.1, -0.05) is 6.07 Å².